The maximum absolute atomic E-state index is 14.9. The van der Waals surface area contributed by atoms with Crippen molar-refractivity contribution < 1.29 is 4.39 Å². The molecule has 1 unspecified atom stereocenters. The second-order valence-corrected chi connectivity index (χ2v) is 9.64. The maximum atomic E-state index is 14.9. The summed E-state index contributed by atoms with van der Waals surface area (Å²) in [6.45, 7) is 5.89. The summed E-state index contributed by atoms with van der Waals surface area (Å²) in [4.78, 5) is 27.3. The number of hydrogen-bond donors (Lipinski definition) is 0. The smallest absolute Gasteiger partial charge is 0.263 e. The predicted octanol–water partition coefficient (Wildman–Crippen LogP) is 3.87. The van der Waals surface area contributed by atoms with Gasteiger partial charge in [-0.1, -0.05) is 11.6 Å². The third kappa shape index (κ3) is 3.67. The van der Waals surface area contributed by atoms with Gasteiger partial charge >= 0.3 is 0 Å². The number of fused-ring (bicyclic) bond motifs is 1. The van der Waals surface area contributed by atoms with Crippen LogP contribution in [0.1, 0.15) is 18.7 Å². The van der Waals surface area contributed by atoms with E-state index in [9.17, 15) is 9.18 Å². The van der Waals surface area contributed by atoms with Crippen molar-refractivity contribution >= 4 is 28.3 Å². The second kappa shape index (κ2) is 8.12. The minimum atomic E-state index is -0.500. The maximum Gasteiger partial charge on any atom is 0.263 e. The fourth-order valence-corrected chi connectivity index (χ4v) is 5.23. The highest BCUT2D eigenvalue weighted by Crippen LogP contribution is 2.35. The predicted molar refractivity (Wildman–Crippen MR) is 126 cm³/mol. The van der Waals surface area contributed by atoms with Gasteiger partial charge in [-0.25, -0.2) is 14.4 Å². The molecule has 1 aromatic carbocycles. The molecule has 1 atom stereocenters. The van der Waals surface area contributed by atoms with Gasteiger partial charge in [0.05, 0.1) is 16.6 Å². The van der Waals surface area contributed by atoms with E-state index in [-0.39, 0.29) is 11.1 Å². The highest BCUT2D eigenvalue weighted by Gasteiger charge is 2.34. The zero-order valence-corrected chi connectivity index (χ0v) is 19.4. The highest BCUT2D eigenvalue weighted by molar-refractivity contribution is 6.30. The van der Waals surface area contributed by atoms with Gasteiger partial charge in [-0.2, -0.15) is 0 Å². The van der Waals surface area contributed by atoms with Gasteiger partial charge in [0.25, 0.3) is 5.56 Å². The fraction of sp³-hybridized carbons (Fsp3) is 0.458. The van der Waals surface area contributed by atoms with E-state index in [1.165, 1.54) is 17.1 Å². The van der Waals surface area contributed by atoms with Crippen LogP contribution in [0.25, 0.3) is 22.2 Å². The topological polar surface area (TPSA) is 54.3 Å². The summed E-state index contributed by atoms with van der Waals surface area (Å²) in [7, 11) is 3.83. The normalized spacial score (nSPS) is 20.0. The summed E-state index contributed by atoms with van der Waals surface area (Å²) in [5.74, 6) is 2.19. The molecule has 6 nitrogen and oxygen atoms in total. The number of aromatic nitrogens is 3. The van der Waals surface area contributed by atoms with Gasteiger partial charge in [-0.15, -0.1) is 0 Å². The standard InChI is InChI=1S/C24H27ClFN5O/c1-14-27-20-10-21(31-8-4-5-15(13-31)16-11-29(2)12-16)28-23(22(20)24(32)30(14)3)18-7-6-17(25)9-19(18)26/h6-7,9-10,15-16H,4-5,8,11-13H2,1-3H3. The summed E-state index contributed by atoms with van der Waals surface area (Å²) >= 11 is 5.98. The van der Waals surface area contributed by atoms with Crippen LogP contribution in [0.15, 0.2) is 29.1 Å². The first kappa shape index (κ1) is 21.3. The number of benzene rings is 1. The zero-order valence-electron chi connectivity index (χ0n) is 18.6. The molecule has 2 aromatic heterocycles. The Bertz CT molecular complexity index is 1250. The van der Waals surface area contributed by atoms with Crippen LogP contribution in [-0.2, 0) is 7.05 Å². The van der Waals surface area contributed by atoms with Gasteiger partial charge in [0.15, 0.2) is 0 Å². The van der Waals surface area contributed by atoms with Gasteiger partial charge in [0.1, 0.15) is 17.5 Å². The Morgan fingerprint density at radius 3 is 2.59 bits per heavy atom. The van der Waals surface area contributed by atoms with E-state index in [4.69, 9.17) is 16.6 Å². The molecule has 2 aliphatic rings. The van der Waals surface area contributed by atoms with Crippen molar-refractivity contribution in [3.8, 4) is 11.3 Å². The van der Waals surface area contributed by atoms with E-state index in [2.05, 4.69) is 21.8 Å². The summed E-state index contributed by atoms with van der Waals surface area (Å²) in [5.41, 5.74) is 0.902. The van der Waals surface area contributed by atoms with Crippen molar-refractivity contribution in [2.45, 2.75) is 19.8 Å². The molecular formula is C24H27ClFN5O. The molecule has 2 saturated heterocycles. The van der Waals surface area contributed by atoms with Crippen molar-refractivity contribution in [3.05, 3.63) is 51.3 Å². The number of hydrogen-bond acceptors (Lipinski definition) is 5. The van der Waals surface area contributed by atoms with Gasteiger partial charge in [0, 0.05) is 49.9 Å². The molecule has 0 saturated carbocycles. The lowest BCUT2D eigenvalue weighted by Crippen LogP contribution is -2.51. The zero-order chi connectivity index (χ0) is 22.6. The molecule has 0 aliphatic carbocycles. The summed E-state index contributed by atoms with van der Waals surface area (Å²) < 4.78 is 16.4. The van der Waals surface area contributed by atoms with Crippen molar-refractivity contribution in [1.29, 1.82) is 0 Å². The van der Waals surface area contributed by atoms with E-state index >= 15 is 0 Å². The molecule has 4 heterocycles. The van der Waals surface area contributed by atoms with E-state index in [0.29, 0.717) is 39.3 Å². The number of aryl methyl sites for hydroxylation is 1. The molecule has 0 amide bonds. The van der Waals surface area contributed by atoms with Gasteiger partial charge in [-0.05, 0) is 56.8 Å². The molecule has 2 fully saturated rings. The SMILES string of the molecule is Cc1nc2cc(N3CCCC(C4CN(C)C4)C3)nc(-c3ccc(Cl)cc3F)c2c(=O)n1C. The Balaban J connectivity index is 1.64. The lowest BCUT2D eigenvalue weighted by Gasteiger charge is -2.45. The number of anilines is 1. The lowest BCUT2D eigenvalue weighted by atomic mass is 9.81. The molecule has 0 spiro atoms. The van der Waals surface area contributed by atoms with Crippen LogP contribution < -0.4 is 10.5 Å². The van der Waals surface area contributed by atoms with Crippen molar-refractivity contribution in [2.75, 3.05) is 38.1 Å². The molecular weight excluding hydrogens is 429 g/mol. The molecule has 5 rings (SSSR count). The fourth-order valence-electron chi connectivity index (χ4n) is 5.07. The summed E-state index contributed by atoms with van der Waals surface area (Å²) in [5, 5.41) is 0.634. The third-order valence-corrected chi connectivity index (χ3v) is 7.23. The molecule has 8 heteroatoms. The Labute approximate surface area is 191 Å². The highest BCUT2D eigenvalue weighted by atomic mass is 35.5. The molecule has 0 N–H and O–H groups in total. The largest absolute Gasteiger partial charge is 0.356 e. The number of piperidine rings is 1. The average molecular weight is 456 g/mol. The number of likely N-dealkylation sites (tertiary alicyclic amines) is 1. The van der Waals surface area contributed by atoms with Crippen LogP contribution in [-0.4, -0.2) is 52.7 Å². The van der Waals surface area contributed by atoms with Crippen LogP contribution in [0.4, 0.5) is 10.2 Å². The lowest BCUT2D eigenvalue weighted by molar-refractivity contribution is 0.0754. The number of halogens is 2. The van der Waals surface area contributed by atoms with Crippen molar-refractivity contribution in [1.82, 2.24) is 19.4 Å². The average Bonchev–Trinajstić information content (AvgIpc) is 2.75. The van der Waals surface area contributed by atoms with E-state index in [1.807, 2.05) is 6.07 Å². The van der Waals surface area contributed by atoms with Crippen LogP contribution in [0, 0.1) is 24.6 Å². The number of pyridine rings is 1. The van der Waals surface area contributed by atoms with Crippen LogP contribution in [0.2, 0.25) is 5.02 Å². The van der Waals surface area contributed by atoms with Crippen molar-refractivity contribution in [2.24, 2.45) is 18.9 Å². The summed E-state index contributed by atoms with van der Waals surface area (Å²) in [6.07, 6.45) is 2.32. The van der Waals surface area contributed by atoms with Crippen molar-refractivity contribution in [3.63, 3.8) is 0 Å². The van der Waals surface area contributed by atoms with E-state index < -0.39 is 5.82 Å². The first-order chi connectivity index (χ1) is 15.3. The molecule has 32 heavy (non-hydrogen) atoms. The minimum absolute atomic E-state index is 0.232. The summed E-state index contributed by atoms with van der Waals surface area (Å²) in [6, 6.07) is 6.35. The van der Waals surface area contributed by atoms with Crippen LogP contribution in [0.3, 0.4) is 0 Å². The van der Waals surface area contributed by atoms with E-state index in [1.54, 1.807) is 26.1 Å². The third-order valence-electron chi connectivity index (χ3n) is 7.00. The van der Waals surface area contributed by atoms with Gasteiger partial charge in [0.2, 0.25) is 0 Å². The minimum Gasteiger partial charge on any atom is -0.356 e. The van der Waals surface area contributed by atoms with Gasteiger partial charge < -0.3 is 9.80 Å². The van der Waals surface area contributed by atoms with Crippen LogP contribution >= 0.6 is 11.6 Å². The van der Waals surface area contributed by atoms with Gasteiger partial charge in [-0.3, -0.25) is 9.36 Å². The van der Waals surface area contributed by atoms with Crippen LogP contribution in [0.5, 0.6) is 0 Å². The number of nitrogens with zero attached hydrogens (tertiary/aromatic N) is 5. The molecule has 2 aliphatic heterocycles. The Morgan fingerprint density at radius 1 is 1.09 bits per heavy atom. The quantitative estimate of drug-likeness (QED) is 0.600. The Hall–Kier alpha value is -2.51. The van der Waals surface area contributed by atoms with E-state index in [0.717, 1.165) is 38.4 Å². The monoisotopic (exact) mass is 455 g/mol. The number of rotatable bonds is 3. The first-order valence-electron chi connectivity index (χ1n) is 11.1. The Kier molecular flexibility index (Phi) is 5.42. The second-order valence-electron chi connectivity index (χ2n) is 9.20. The molecule has 168 valence electrons. The molecule has 0 bridgehead atoms. The first-order valence-corrected chi connectivity index (χ1v) is 11.5. The molecule has 0 radical (unpaired) electrons. The Morgan fingerprint density at radius 2 is 1.88 bits per heavy atom. The molecule has 3 aromatic rings.